The number of nitrogens with zero attached hydrogens (tertiary/aromatic N) is 1. The quantitative estimate of drug-likeness (QED) is 0.651. The smallest absolute Gasteiger partial charge is 0.234 e. The lowest BCUT2D eigenvalue weighted by molar-refractivity contribution is -0.113. The molecule has 1 amide bonds. The fourth-order valence-corrected chi connectivity index (χ4v) is 4.49. The molecule has 5 heteroatoms. The van der Waals surface area contributed by atoms with Gasteiger partial charge >= 0.3 is 0 Å². The monoisotopic (exact) mass is 368 g/mol. The van der Waals surface area contributed by atoms with E-state index in [1.807, 2.05) is 30.3 Å². The summed E-state index contributed by atoms with van der Waals surface area (Å²) in [7, 11) is 0. The number of para-hydroxylation sites is 1. The topological polar surface area (TPSA) is 42.0 Å². The molecule has 3 nitrogen and oxygen atoms in total. The van der Waals surface area contributed by atoms with Gasteiger partial charge in [0, 0.05) is 26.7 Å². The average molecular weight is 369 g/mol. The van der Waals surface area contributed by atoms with E-state index in [-0.39, 0.29) is 5.91 Å². The zero-order valence-electron chi connectivity index (χ0n) is 13.6. The molecule has 0 atom stereocenters. The second-order valence-corrected chi connectivity index (χ2v) is 7.51. The van der Waals surface area contributed by atoms with Crippen LogP contribution in [0, 0.1) is 0 Å². The van der Waals surface area contributed by atoms with Gasteiger partial charge in [-0.25, -0.2) is 0 Å². The summed E-state index contributed by atoms with van der Waals surface area (Å²) >= 11 is 7.57. The van der Waals surface area contributed by atoms with Crippen LogP contribution in [0.25, 0.3) is 10.9 Å². The van der Waals surface area contributed by atoms with Gasteiger partial charge in [-0.05, 0) is 49.1 Å². The minimum atomic E-state index is -0.0279. The Kier molecular flexibility index (Phi) is 4.64. The molecule has 1 aliphatic carbocycles. The van der Waals surface area contributed by atoms with E-state index in [9.17, 15) is 4.79 Å². The van der Waals surface area contributed by atoms with E-state index in [1.54, 1.807) is 23.9 Å². The fourth-order valence-electron chi connectivity index (χ4n) is 3.23. The molecule has 0 saturated carbocycles. The Morgan fingerprint density at radius 3 is 2.92 bits per heavy atom. The maximum Gasteiger partial charge on any atom is 0.234 e. The molecule has 1 aromatic heterocycles. The molecule has 0 spiro atoms. The Morgan fingerprint density at radius 2 is 2.04 bits per heavy atom. The van der Waals surface area contributed by atoms with E-state index in [1.165, 1.54) is 16.2 Å². The number of hydrogen-bond acceptors (Lipinski definition) is 3. The molecule has 1 N–H and O–H groups in total. The molecule has 3 aromatic rings. The van der Waals surface area contributed by atoms with Crippen LogP contribution in [-0.4, -0.2) is 16.6 Å². The van der Waals surface area contributed by atoms with Crippen molar-refractivity contribution in [2.24, 2.45) is 0 Å². The maximum atomic E-state index is 12.3. The lowest BCUT2D eigenvalue weighted by Crippen LogP contribution is -2.14. The molecule has 0 radical (unpaired) electrons. The van der Waals surface area contributed by atoms with Gasteiger partial charge in [0.2, 0.25) is 5.91 Å². The summed E-state index contributed by atoms with van der Waals surface area (Å²) in [5, 5.41) is 4.67. The van der Waals surface area contributed by atoms with Crippen LogP contribution in [0.3, 0.4) is 0 Å². The molecular formula is C20H17ClN2OS. The zero-order valence-corrected chi connectivity index (χ0v) is 15.2. The second kappa shape index (κ2) is 7.06. The first-order valence-electron chi connectivity index (χ1n) is 8.29. The molecule has 2 aromatic carbocycles. The lowest BCUT2D eigenvalue weighted by atomic mass is 10.1. The largest absolute Gasteiger partial charge is 0.325 e. The minimum Gasteiger partial charge on any atom is -0.325 e. The standard InChI is InChI=1S/C20H17ClN2OS/c21-13-5-3-6-14(11-13)22-19(24)12-25-20-15-7-1-2-9-17(15)23-18-10-4-8-16(18)20/h1-3,5-7,9,11H,4,8,10,12H2,(H,22,24). The van der Waals surface area contributed by atoms with Gasteiger partial charge in [-0.3, -0.25) is 9.78 Å². The number of rotatable bonds is 4. The van der Waals surface area contributed by atoms with Crippen molar-refractivity contribution in [1.29, 1.82) is 0 Å². The van der Waals surface area contributed by atoms with Crippen molar-refractivity contribution in [2.45, 2.75) is 24.2 Å². The van der Waals surface area contributed by atoms with Gasteiger partial charge < -0.3 is 5.32 Å². The van der Waals surface area contributed by atoms with Crippen molar-refractivity contribution in [3.05, 3.63) is 64.8 Å². The van der Waals surface area contributed by atoms with Crippen LogP contribution in [0.4, 0.5) is 5.69 Å². The maximum absolute atomic E-state index is 12.3. The number of amides is 1. The summed E-state index contributed by atoms with van der Waals surface area (Å²) in [4.78, 5) is 18.3. The summed E-state index contributed by atoms with van der Waals surface area (Å²) in [6.07, 6.45) is 3.22. The SMILES string of the molecule is O=C(CSc1c2c(nc3ccccc13)CCC2)Nc1cccc(Cl)c1. The molecule has 126 valence electrons. The number of benzene rings is 2. The molecule has 4 rings (SSSR count). The Labute approximate surface area is 155 Å². The van der Waals surface area contributed by atoms with Crippen molar-refractivity contribution in [1.82, 2.24) is 4.98 Å². The summed E-state index contributed by atoms with van der Waals surface area (Å²) in [5.74, 6) is 0.340. The molecule has 0 bridgehead atoms. The van der Waals surface area contributed by atoms with E-state index in [2.05, 4.69) is 11.4 Å². The summed E-state index contributed by atoms with van der Waals surface area (Å²) in [6, 6.07) is 15.4. The van der Waals surface area contributed by atoms with Crippen LogP contribution in [0.2, 0.25) is 5.02 Å². The summed E-state index contributed by atoms with van der Waals surface area (Å²) in [6.45, 7) is 0. The predicted molar refractivity (Wildman–Crippen MR) is 105 cm³/mol. The number of thioether (sulfide) groups is 1. The van der Waals surface area contributed by atoms with Gasteiger partial charge in [-0.15, -0.1) is 11.8 Å². The van der Waals surface area contributed by atoms with Gasteiger partial charge in [-0.2, -0.15) is 0 Å². The minimum absolute atomic E-state index is 0.0279. The fraction of sp³-hybridized carbons (Fsp3) is 0.200. The number of nitrogens with one attached hydrogen (secondary N) is 1. The number of anilines is 1. The van der Waals surface area contributed by atoms with Crippen LogP contribution in [0.5, 0.6) is 0 Å². The third kappa shape index (κ3) is 3.51. The first kappa shape index (κ1) is 16.4. The first-order valence-corrected chi connectivity index (χ1v) is 9.66. The number of carbonyl (C=O) groups is 1. The first-order chi connectivity index (χ1) is 12.2. The van der Waals surface area contributed by atoms with Gasteiger partial charge in [-0.1, -0.05) is 35.9 Å². The van der Waals surface area contributed by atoms with E-state index < -0.39 is 0 Å². The number of aromatic nitrogens is 1. The molecule has 0 aliphatic heterocycles. The van der Waals surface area contributed by atoms with E-state index in [0.29, 0.717) is 10.8 Å². The number of hydrogen-bond donors (Lipinski definition) is 1. The summed E-state index contributed by atoms with van der Waals surface area (Å²) in [5.41, 5.74) is 4.25. The van der Waals surface area contributed by atoms with Crippen molar-refractivity contribution < 1.29 is 4.79 Å². The number of aryl methyl sites for hydroxylation is 1. The Hall–Kier alpha value is -2.04. The zero-order chi connectivity index (χ0) is 17.2. The highest BCUT2D eigenvalue weighted by Gasteiger charge is 2.20. The van der Waals surface area contributed by atoms with Crippen molar-refractivity contribution in [3.63, 3.8) is 0 Å². The molecule has 1 heterocycles. The highest BCUT2D eigenvalue weighted by Crippen LogP contribution is 2.36. The van der Waals surface area contributed by atoms with Crippen LogP contribution >= 0.6 is 23.4 Å². The highest BCUT2D eigenvalue weighted by atomic mass is 35.5. The number of halogens is 1. The van der Waals surface area contributed by atoms with Crippen molar-refractivity contribution >= 4 is 45.9 Å². The molecule has 0 saturated heterocycles. The predicted octanol–water partition coefficient (Wildman–Crippen LogP) is 5.11. The van der Waals surface area contributed by atoms with Crippen molar-refractivity contribution in [2.75, 3.05) is 11.1 Å². The van der Waals surface area contributed by atoms with Crippen LogP contribution in [0.15, 0.2) is 53.4 Å². The number of carbonyl (C=O) groups excluding carboxylic acids is 1. The molecule has 1 aliphatic rings. The van der Waals surface area contributed by atoms with Crippen LogP contribution < -0.4 is 5.32 Å². The number of pyridine rings is 1. The molecule has 0 fully saturated rings. The normalized spacial score (nSPS) is 13.0. The Bertz CT molecular complexity index is 958. The Balaban J connectivity index is 1.56. The van der Waals surface area contributed by atoms with Gasteiger partial charge in [0.25, 0.3) is 0 Å². The van der Waals surface area contributed by atoms with E-state index >= 15 is 0 Å². The summed E-state index contributed by atoms with van der Waals surface area (Å²) < 4.78 is 0. The van der Waals surface area contributed by atoms with Gasteiger partial charge in [0.1, 0.15) is 0 Å². The van der Waals surface area contributed by atoms with Crippen molar-refractivity contribution in [3.8, 4) is 0 Å². The molecule has 25 heavy (non-hydrogen) atoms. The average Bonchev–Trinajstić information content (AvgIpc) is 3.06. The third-order valence-corrected chi connectivity index (χ3v) is 5.72. The lowest BCUT2D eigenvalue weighted by Gasteiger charge is -2.12. The van der Waals surface area contributed by atoms with Gasteiger partial charge in [0.15, 0.2) is 0 Å². The van der Waals surface area contributed by atoms with E-state index in [0.717, 1.165) is 35.9 Å². The molecule has 0 unspecified atom stereocenters. The molecular weight excluding hydrogens is 352 g/mol. The third-order valence-electron chi connectivity index (χ3n) is 4.32. The number of fused-ring (bicyclic) bond motifs is 2. The highest BCUT2D eigenvalue weighted by molar-refractivity contribution is 8.00. The Morgan fingerprint density at radius 1 is 1.16 bits per heavy atom. The van der Waals surface area contributed by atoms with E-state index in [4.69, 9.17) is 16.6 Å². The van der Waals surface area contributed by atoms with Gasteiger partial charge in [0.05, 0.1) is 11.3 Å². The van der Waals surface area contributed by atoms with Crippen LogP contribution in [-0.2, 0) is 17.6 Å². The second-order valence-electron chi connectivity index (χ2n) is 6.08. The van der Waals surface area contributed by atoms with Crippen LogP contribution in [0.1, 0.15) is 17.7 Å².